The lowest BCUT2D eigenvalue weighted by Crippen LogP contribution is -2.45. The highest BCUT2D eigenvalue weighted by Gasteiger charge is 2.22. The molecule has 9 heteroatoms. The number of rotatable bonds is 6. The number of piperazine rings is 1. The number of ether oxygens (including phenoxy) is 3. The van der Waals surface area contributed by atoms with Crippen molar-refractivity contribution in [2.45, 2.75) is 19.6 Å². The van der Waals surface area contributed by atoms with Crippen molar-refractivity contribution in [3.8, 4) is 17.2 Å². The topological polar surface area (TPSA) is 79.6 Å². The molecule has 33 heavy (non-hydrogen) atoms. The Morgan fingerprint density at radius 2 is 1.52 bits per heavy atom. The Morgan fingerprint density at radius 3 is 2.27 bits per heavy atom. The van der Waals surface area contributed by atoms with Crippen LogP contribution in [0.5, 0.6) is 17.2 Å². The van der Waals surface area contributed by atoms with E-state index in [4.69, 9.17) is 14.2 Å². The predicted molar refractivity (Wildman–Crippen MR) is 123 cm³/mol. The van der Waals surface area contributed by atoms with Crippen LogP contribution < -0.4 is 14.9 Å². The second-order valence-electron chi connectivity index (χ2n) is 8.98. The Kier molecular flexibility index (Phi) is 6.55. The van der Waals surface area contributed by atoms with Crippen molar-refractivity contribution in [2.75, 3.05) is 59.3 Å². The number of aromatic nitrogens is 1. The first-order valence-corrected chi connectivity index (χ1v) is 11.6. The average Bonchev–Trinajstić information content (AvgIpc) is 3.30. The highest BCUT2D eigenvalue weighted by Crippen LogP contribution is 2.33. The summed E-state index contributed by atoms with van der Waals surface area (Å²) < 4.78 is 18.3. The molecule has 3 aliphatic rings. The molecule has 0 unspecified atom stereocenters. The summed E-state index contributed by atoms with van der Waals surface area (Å²) >= 11 is 0. The van der Waals surface area contributed by atoms with Gasteiger partial charge in [-0.15, -0.1) is 0 Å². The fourth-order valence-electron chi connectivity index (χ4n) is 4.73. The summed E-state index contributed by atoms with van der Waals surface area (Å²) in [6.07, 6.45) is 0. The van der Waals surface area contributed by atoms with Crippen LogP contribution in [0.1, 0.15) is 17.0 Å². The van der Waals surface area contributed by atoms with Gasteiger partial charge in [0.1, 0.15) is 0 Å². The van der Waals surface area contributed by atoms with E-state index in [1.807, 2.05) is 17.7 Å². The summed E-state index contributed by atoms with van der Waals surface area (Å²) in [5, 5.41) is 10.5. The van der Waals surface area contributed by atoms with E-state index in [0.29, 0.717) is 25.6 Å². The summed E-state index contributed by atoms with van der Waals surface area (Å²) in [6.45, 7) is 9.17. The Bertz CT molecular complexity index is 1040. The quantitative estimate of drug-likeness (QED) is 0.689. The van der Waals surface area contributed by atoms with Crippen LogP contribution in [0.3, 0.4) is 0 Å². The Labute approximate surface area is 193 Å². The molecular weight excluding hydrogens is 424 g/mol. The van der Waals surface area contributed by atoms with Gasteiger partial charge >= 0.3 is 0 Å². The van der Waals surface area contributed by atoms with Gasteiger partial charge in [-0.25, -0.2) is 0 Å². The van der Waals surface area contributed by atoms with Gasteiger partial charge in [0.15, 0.2) is 17.2 Å². The van der Waals surface area contributed by atoms with Gasteiger partial charge in [-0.05, 0) is 17.7 Å². The minimum Gasteiger partial charge on any atom is -0.503 e. The number of morpholine rings is 1. The monoisotopic (exact) mass is 456 g/mol. The van der Waals surface area contributed by atoms with E-state index in [2.05, 4.69) is 26.8 Å². The van der Waals surface area contributed by atoms with E-state index in [-0.39, 0.29) is 11.2 Å². The minimum absolute atomic E-state index is 0.133. The normalized spacial score (nSPS) is 19.8. The van der Waals surface area contributed by atoms with E-state index in [1.54, 1.807) is 6.07 Å². The van der Waals surface area contributed by atoms with Gasteiger partial charge in [-0.3, -0.25) is 19.5 Å². The minimum atomic E-state index is -0.298. The SMILES string of the molecule is Cn1c(CN2CCOCC2)cc(=O)c(O)c1CN1CCN(Cc2ccc3c(c2)OCO3)CC1. The molecule has 9 nitrogen and oxygen atoms in total. The Balaban J connectivity index is 1.20. The summed E-state index contributed by atoms with van der Waals surface area (Å²) in [7, 11) is 1.94. The molecule has 4 heterocycles. The first-order chi connectivity index (χ1) is 16.1. The number of hydrogen-bond acceptors (Lipinski definition) is 8. The van der Waals surface area contributed by atoms with Crippen molar-refractivity contribution < 1.29 is 19.3 Å². The van der Waals surface area contributed by atoms with Crippen LogP contribution in [-0.4, -0.2) is 83.6 Å². The van der Waals surface area contributed by atoms with Crippen molar-refractivity contribution in [1.82, 2.24) is 19.3 Å². The van der Waals surface area contributed by atoms with Crippen molar-refractivity contribution in [1.29, 1.82) is 0 Å². The average molecular weight is 457 g/mol. The molecule has 5 rings (SSSR count). The lowest BCUT2D eigenvalue weighted by atomic mass is 10.1. The van der Waals surface area contributed by atoms with Gasteiger partial charge in [0.2, 0.25) is 12.2 Å². The maximum Gasteiger partial charge on any atom is 0.231 e. The summed E-state index contributed by atoms with van der Waals surface area (Å²) in [5.74, 6) is 1.50. The third-order valence-electron chi connectivity index (χ3n) is 6.81. The molecule has 0 atom stereocenters. The molecule has 0 saturated carbocycles. The fourth-order valence-corrected chi connectivity index (χ4v) is 4.73. The highest BCUT2D eigenvalue weighted by molar-refractivity contribution is 5.44. The first-order valence-electron chi connectivity index (χ1n) is 11.6. The molecule has 0 spiro atoms. The molecule has 3 aliphatic heterocycles. The lowest BCUT2D eigenvalue weighted by Gasteiger charge is -2.35. The zero-order valence-electron chi connectivity index (χ0n) is 19.2. The van der Waals surface area contributed by atoms with Crippen LogP contribution in [0.25, 0.3) is 0 Å². The van der Waals surface area contributed by atoms with Gasteiger partial charge in [-0.1, -0.05) is 6.07 Å². The molecule has 0 bridgehead atoms. The third-order valence-corrected chi connectivity index (χ3v) is 6.81. The molecule has 0 radical (unpaired) electrons. The molecular formula is C24H32N4O5. The van der Waals surface area contributed by atoms with Crippen molar-refractivity contribution in [3.05, 3.63) is 51.4 Å². The van der Waals surface area contributed by atoms with Crippen LogP contribution in [0.15, 0.2) is 29.1 Å². The largest absolute Gasteiger partial charge is 0.503 e. The lowest BCUT2D eigenvalue weighted by molar-refractivity contribution is 0.0330. The Hall–Kier alpha value is -2.59. The smallest absolute Gasteiger partial charge is 0.231 e. The summed E-state index contributed by atoms with van der Waals surface area (Å²) in [5.41, 5.74) is 2.53. The van der Waals surface area contributed by atoms with Gasteiger partial charge < -0.3 is 23.9 Å². The molecule has 2 saturated heterocycles. The van der Waals surface area contributed by atoms with Crippen LogP contribution in [0.2, 0.25) is 0 Å². The molecule has 1 aromatic heterocycles. The van der Waals surface area contributed by atoms with E-state index < -0.39 is 0 Å². The molecule has 2 aromatic rings. The van der Waals surface area contributed by atoms with Crippen molar-refractivity contribution in [3.63, 3.8) is 0 Å². The molecule has 178 valence electrons. The summed E-state index contributed by atoms with van der Waals surface area (Å²) in [4.78, 5) is 19.5. The fraction of sp³-hybridized carbons (Fsp3) is 0.542. The van der Waals surface area contributed by atoms with Gasteiger partial charge in [0.25, 0.3) is 0 Å². The molecule has 0 amide bonds. The van der Waals surface area contributed by atoms with Crippen LogP contribution >= 0.6 is 0 Å². The number of fused-ring (bicyclic) bond motifs is 1. The maximum atomic E-state index is 12.5. The van der Waals surface area contributed by atoms with Gasteiger partial charge in [-0.2, -0.15) is 0 Å². The second-order valence-corrected chi connectivity index (χ2v) is 8.98. The van der Waals surface area contributed by atoms with Gasteiger partial charge in [0, 0.05) is 77.7 Å². The zero-order chi connectivity index (χ0) is 22.8. The standard InChI is InChI=1S/C24H32N4O5/c1-25-19(15-28-8-10-31-11-9-28)13-21(29)24(30)20(25)16-27-6-4-26(5-7-27)14-18-2-3-22-23(12-18)33-17-32-22/h2-3,12-13,30H,4-11,14-17H2,1H3. The predicted octanol–water partition coefficient (Wildman–Crippen LogP) is 0.970. The Morgan fingerprint density at radius 1 is 0.848 bits per heavy atom. The van der Waals surface area contributed by atoms with Crippen molar-refractivity contribution in [2.24, 2.45) is 7.05 Å². The molecule has 2 fully saturated rings. The number of hydrogen-bond donors (Lipinski definition) is 1. The van der Waals surface area contributed by atoms with E-state index >= 15 is 0 Å². The molecule has 1 aromatic carbocycles. The number of benzene rings is 1. The number of aromatic hydroxyl groups is 1. The zero-order valence-corrected chi connectivity index (χ0v) is 19.2. The highest BCUT2D eigenvalue weighted by atomic mass is 16.7. The summed E-state index contributed by atoms with van der Waals surface area (Å²) in [6, 6.07) is 7.69. The maximum absolute atomic E-state index is 12.5. The second kappa shape index (κ2) is 9.72. The van der Waals surface area contributed by atoms with Crippen LogP contribution in [-0.2, 0) is 31.4 Å². The molecule has 0 aliphatic carbocycles. The first kappa shape index (κ1) is 22.2. The molecule has 1 N–H and O–H groups in total. The van der Waals surface area contributed by atoms with Crippen LogP contribution in [0, 0.1) is 0 Å². The van der Waals surface area contributed by atoms with E-state index in [1.165, 1.54) is 5.56 Å². The third kappa shape index (κ3) is 5.01. The van der Waals surface area contributed by atoms with Gasteiger partial charge in [0.05, 0.1) is 18.9 Å². The van der Waals surface area contributed by atoms with Crippen LogP contribution in [0.4, 0.5) is 0 Å². The number of pyridine rings is 1. The number of nitrogens with zero attached hydrogens (tertiary/aromatic N) is 4. The van der Waals surface area contributed by atoms with E-state index in [0.717, 1.165) is 76.2 Å². The van der Waals surface area contributed by atoms with E-state index in [9.17, 15) is 9.90 Å². The van der Waals surface area contributed by atoms with Crippen molar-refractivity contribution >= 4 is 0 Å².